The first-order valence-corrected chi connectivity index (χ1v) is 7.88. The number of amides is 1. The molecule has 0 radical (unpaired) electrons. The molecule has 2 heterocycles. The third kappa shape index (κ3) is 3.37. The number of aromatic nitrogens is 1. The fourth-order valence-electron chi connectivity index (χ4n) is 2.85. The summed E-state index contributed by atoms with van der Waals surface area (Å²) in [6.07, 6.45) is -2.88. The average Bonchev–Trinajstić information content (AvgIpc) is 2.92. The van der Waals surface area contributed by atoms with Crippen LogP contribution in [0.15, 0.2) is 30.5 Å². The SMILES string of the molecule is CC(c1ccc(OC(F)(F)F)c(Cl)c1)N1Cc2c(ccnc2C=O)C1=O. The van der Waals surface area contributed by atoms with Gasteiger partial charge in [-0.15, -0.1) is 13.2 Å². The number of nitrogens with zero attached hydrogens (tertiary/aromatic N) is 2. The summed E-state index contributed by atoms with van der Waals surface area (Å²) in [5.41, 5.74) is 1.64. The molecular weight excluding hydrogens is 373 g/mol. The molecule has 5 nitrogen and oxygen atoms in total. The minimum atomic E-state index is -4.85. The monoisotopic (exact) mass is 384 g/mol. The van der Waals surface area contributed by atoms with Gasteiger partial charge in [-0.3, -0.25) is 14.6 Å². The van der Waals surface area contributed by atoms with E-state index in [1.54, 1.807) is 6.92 Å². The van der Waals surface area contributed by atoms with Crippen molar-refractivity contribution in [2.45, 2.75) is 25.9 Å². The molecule has 0 bridgehead atoms. The van der Waals surface area contributed by atoms with E-state index in [1.165, 1.54) is 29.3 Å². The van der Waals surface area contributed by atoms with E-state index in [9.17, 15) is 22.8 Å². The molecule has 1 atom stereocenters. The summed E-state index contributed by atoms with van der Waals surface area (Å²) in [5.74, 6) is -0.802. The summed E-state index contributed by atoms with van der Waals surface area (Å²) in [6, 6.07) is 4.89. The molecule has 9 heteroatoms. The lowest BCUT2D eigenvalue weighted by molar-refractivity contribution is -0.274. The predicted octanol–water partition coefficient (Wildman–Crippen LogP) is 4.16. The van der Waals surface area contributed by atoms with Crippen LogP contribution >= 0.6 is 11.6 Å². The normalized spacial score (nSPS) is 15.0. The first kappa shape index (κ1) is 18.2. The highest BCUT2D eigenvalue weighted by atomic mass is 35.5. The van der Waals surface area contributed by atoms with Gasteiger partial charge in [0.2, 0.25) is 0 Å². The maximum atomic E-state index is 12.6. The molecule has 0 saturated heterocycles. The number of fused-ring (bicyclic) bond motifs is 1. The summed E-state index contributed by atoms with van der Waals surface area (Å²) < 4.78 is 40.8. The lowest BCUT2D eigenvalue weighted by atomic mass is 10.1. The fraction of sp³-hybridized carbons (Fsp3) is 0.235. The minimum Gasteiger partial charge on any atom is -0.404 e. The molecule has 0 saturated carbocycles. The molecule has 1 amide bonds. The van der Waals surface area contributed by atoms with Crippen LogP contribution in [0.3, 0.4) is 0 Å². The molecule has 0 aliphatic carbocycles. The molecule has 1 aromatic carbocycles. The van der Waals surface area contributed by atoms with Gasteiger partial charge in [0.05, 0.1) is 11.1 Å². The van der Waals surface area contributed by atoms with Crippen LogP contribution in [-0.2, 0) is 6.54 Å². The van der Waals surface area contributed by atoms with Crippen LogP contribution in [0.1, 0.15) is 44.9 Å². The van der Waals surface area contributed by atoms with Crippen LogP contribution in [0.4, 0.5) is 13.2 Å². The molecule has 136 valence electrons. The summed E-state index contributed by atoms with van der Waals surface area (Å²) >= 11 is 5.87. The van der Waals surface area contributed by atoms with E-state index < -0.39 is 18.2 Å². The smallest absolute Gasteiger partial charge is 0.404 e. The van der Waals surface area contributed by atoms with Crippen molar-refractivity contribution < 1.29 is 27.5 Å². The summed E-state index contributed by atoms with van der Waals surface area (Å²) in [5, 5.41) is -0.217. The lowest BCUT2D eigenvalue weighted by Gasteiger charge is -2.25. The van der Waals surface area contributed by atoms with Gasteiger partial charge in [-0.2, -0.15) is 0 Å². The Morgan fingerprint density at radius 3 is 2.69 bits per heavy atom. The average molecular weight is 385 g/mol. The van der Waals surface area contributed by atoms with Crippen LogP contribution in [-0.4, -0.2) is 28.4 Å². The van der Waals surface area contributed by atoms with Crippen molar-refractivity contribution in [1.82, 2.24) is 9.88 Å². The quantitative estimate of drug-likeness (QED) is 0.742. The number of rotatable bonds is 4. The van der Waals surface area contributed by atoms with Crippen LogP contribution in [0.25, 0.3) is 0 Å². The number of aldehydes is 1. The highest BCUT2D eigenvalue weighted by molar-refractivity contribution is 6.32. The predicted molar refractivity (Wildman–Crippen MR) is 86.0 cm³/mol. The number of carbonyl (C=O) groups excluding carboxylic acids is 2. The largest absolute Gasteiger partial charge is 0.573 e. The molecule has 26 heavy (non-hydrogen) atoms. The third-order valence-electron chi connectivity index (χ3n) is 4.15. The Balaban J connectivity index is 1.87. The number of benzene rings is 1. The van der Waals surface area contributed by atoms with Crippen molar-refractivity contribution in [1.29, 1.82) is 0 Å². The molecule has 1 aliphatic heterocycles. The second-order valence-electron chi connectivity index (χ2n) is 5.69. The highest BCUT2D eigenvalue weighted by Crippen LogP contribution is 2.36. The maximum Gasteiger partial charge on any atom is 0.573 e. The van der Waals surface area contributed by atoms with Gasteiger partial charge in [0.15, 0.2) is 6.29 Å². The zero-order chi connectivity index (χ0) is 19.1. The number of hydrogen-bond donors (Lipinski definition) is 0. The number of ether oxygens (including phenoxy) is 1. The molecule has 0 spiro atoms. The fourth-order valence-corrected chi connectivity index (χ4v) is 3.08. The Morgan fingerprint density at radius 2 is 2.08 bits per heavy atom. The van der Waals surface area contributed by atoms with Gasteiger partial charge in [0.1, 0.15) is 11.4 Å². The van der Waals surface area contributed by atoms with E-state index >= 15 is 0 Å². The second-order valence-corrected chi connectivity index (χ2v) is 6.09. The van der Waals surface area contributed by atoms with Crippen molar-refractivity contribution in [3.63, 3.8) is 0 Å². The van der Waals surface area contributed by atoms with E-state index in [0.29, 0.717) is 23.0 Å². The number of hydrogen-bond acceptors (Lipinski definition) is 4. The van der Waals surface area contributed by atoms with Crippen molar-refractivity contribution in [2.75, 3.05) is 0 Å². The van der Waals surface area contributed by atoms with E-state index in [-0.39, 0.29) is 23.2 Å². The first-order valence-electron chi connectivity index (χ1n) is 7.50. The van der Waals surface area contributed by atoms with Crippen LogP contribution in [0, 0.1) is 0 Å². The van der Waals surface area contributed by atoms with E-state index in [4.69, 9.17) is 11.6 Å². The molecule has 0 fully saturated rings. The molecule has 0 N–H and O–H groups in total. The summed E-state index contributed by atoms with van der Waals surface area (Å²) in [7, 11) is 0. The Kier molecular flexibility index (Phi) is 4.62. The number of halogens is 4. The molecular formula is C17H12ClF3N2O3. The van der Waals surface area contributed by atoms with Gasteiger partial charge >= 0.3 is 6.36 Å². The van der Waals surface area contributed by atoms with Gasteiger partial charge in [-0.05, 0) is 30.7 Å². The Morgan fingerprint density at radius 1 is 1.35 bits per heavy atom. The molecule has 1 aromatic heterocycles. The number of carbonyl (C=O) groups is 2. The minimum absolute atomic E-state index is 0.176. The van der Waals surface area contributed by atoms with Crippen molar-refractivity contribution in [3.05, 3.63) is 57.9 Å². The van der Waals surface area contributed by atoms with Crippen molar-refractivity contribution in [3.8, 4) is 5.75 Å². The number of pyridine rings is 1. The van der Waals surface area contributed by atoms with E-state index in [0.717, 1.165) is 6.07 Å². The second kappa shape index (κ2) is 6.60. The summed E-state index contributed by atoms with van der Waals surface area (Å²) in [4.78, 5) is 29.1. The standard InChI is InChI=1S/C17H12ClF3N2O3/c1-9(10-2-3-15(13(18)6-10)26-17(19,20)21)23-7-12-11(16(23)25)4-5-22-14(12)8-24/h2-6,8-9H,7H2,1H3. The van der Waals surface area contributed by atoms with Gasteiger partial charge in [0, 0.05) is 23.9 Å². The zero-order valence-corrected chi connectivity index (χ0v) is 14.1. The molecule has 1 aliphatic rings. The Labute approximate surface area is 151 Å². The maximum absolute atomic E-state index is 12.6. The summed E-state index contributed by atoms with van der Waals surface area (Å²) in [6.45, 7) is 1.89. The molecule has 1 unspecified atom stereocenters. The van der Waals surface area contributed by atoms with Gasteiger partial charge in [-0.1, -0.05) is 17.7 Å². The van der Waals surface area contributed by atoms with Crippen LogP contribution in [0.2, 0.25) is 5.02 Å². The number of alkyl halides is 3. The molecule has 3 rings (SSSR count). The van der Waals surface area contributed by atoms with Gasteiger partial charge < -0.3 is 9.64 Å². The topological polar surface area (TPSA) is 59.5 Å². The Hall–Kier alpha value is -2.61. The van der Waals surface area contributed by atoms with Gasteiger partial charge in [0.25, 0.3) is 5.91 Å². The lowest BCUT2D eigenvalue weighted by Crippen LogP contribution is -2.27. The van der Waals surface area contributed by atoms with Crippen LogP contribution < -0.4 is 4.74 Å². The van der Waals surface area contributed by atoms with E-state index in [2.05, 4.69) is 9.72 Å². The van der Waals surface area contributed by atoms with E-state index in [1.807, 2.05) is 0 Å². The highest BCUT2D eigenvalue weighted by Gasteiger charge is 2.34. The third-order valence-corrected chi connectivity index (χ3v) is 4.45. The molecule has 2 aromatic rings. The first-order chi connectivity index (χ1) is 12.2. The van der Waals surface area contributed by atoms with Crippen LogP contribution in [0.5, 0.6) is 5.75 Å². The zero-order valence-electron chi connectivity index (χ0n) is 13.4. The van der Waals surface area contributed by atoms with Crippen molar-refractivity contribution >= 4 is 23.8 Å². The Bertz CT molecular complexity index is 886. The van der Waals surface area contributed by atoms with Gasteiger partial charge in [-0.25, -0.2) is 0 Å². The van der Waals surface area contributed by atoms with Crippen molar-refractivity contribution in [2.24, 2.45) is 0 Å².